The number of amides is 1. The van der Waals surface area contributed by atoms with Gasteiger partial charge in [0.25, 0.3) is 5.91 Å². The number of likely N-dealkylation sites (N-methyl/N-ethyl adjacent to an activating group) is 1. The first-order valence-corrected chi connectivity index (χ1v) is 9.72. The molecule has 0 fully saturated rings. The Morgan fingerprint density at radius 2 is 1.97 bits per heavy atom. The maximum atomic E-state index is 14.7. The molecule has 0 unspecified atom stereocenters. The molecule has 0 saturated carbocycles. The Kier molecular flexibility index (Phi) is 7.92. The zero-order valence-electron chi connectivity index (χ0n) is 15.5. The summed E-state index contributed by atoms with van der Waals surface area (Å²) in [5.74, 6) is -0.107. The van der Waals surface area contributed by atoms with Crippen LogP contribution in [0.5, 0.6) is 5.75 Å². The molecule has 1 amide bonds. The number of H-pyrrole nitrogens is 1. The molecular weight excluding hydrogens is 471 g/mol. The van der Waals surface area contributed by atoms with Gasteiger partial charge in [0, 0.05) is 29.4 Å². The molecule has 0 atom stereocenters. The van der Waals surface area contributed by atoms with Crippen LogP contribution in [-0.4, -0.2) is 36.0 Å². The minimum Gasteiger partial charge on any atom is -0.482 e. The highest BCUT2D eigenvalue weighted by atomic mass is 35.5. The number of hydrogen-bond donors (Lipinski definition) is 1. The molecule has 0 aliphatic carbocycles. The number of carbonyl (C=O) groups is 1. The first-order valence-electron chi connectivity index (χ1n) is 8.27. The minimum atomic E-state index is -4.75. The van der Waals surface area contributed by atoms with Crippen LogP contribution in [0.3, 0.4) is 0 Å². The summed E-state index contributed by atoms with van der Waals surface area (Å²) in [5, 5.41) is -0.171. The molecular formula is C19H15Cl3F4N2O2. The van der Waals surface area contributed by atoms with E-state index in [0.717, 1.165) is 12.1 Å². The van der Waals surface area contributed by atoms with Gasteiger partial charge in [-0.3, -0.25) is 4.79 Å². The van der Waals surface area contributed by atoms with E-state index in [2.05, 4.69) is 10.9 Å². The number of nitrogens with one attached hydrogen (secondary N) is 1. The average molecular weight is 486 g/mol. The van der Waals surface area contributed by atoms with E-state index in [1.165, 1.54) is 11.9 Å². The molecule has 1 N–H and O–H groups in total. The van der Waals surface area contributed by atoms with Crippen LogP contribution in [0.2, 0.25) is 5.02 Å². The Labute approximate surface area is 185 Å². The van der Waals surface area contributed by atoms with Gasteiger partial charge >= 0.3 is 6.18 Å². The standard InChI is InChI=1S/C19H15Cl3F4N2O2/c1-3-4-28(2)16(29)9-30-15-5-10(13(23)6-12(15)22)17-11(7-20)18(19(24,25)26)27-14(17)8-21/h1,5-6,27H,4,7-9H2,2H3. The SMILES string of the molecule is C#CCN(C)C(=O)COc1cc(-c2c(CCl)[nH]c(C(F)(F)F)c2CCl)c(F)cc1Cl. The van der Waals surface area contributed by atoms with E-state index in [9.17, 15) is 22.4 Å². The Balaban J connectivity index is 2.51. The van der Waals surface area contributed by atoms with Crippen molar-refractivity contribution in [2.75, 3.05) is 20.2 Å². The second-order valence-electron chi connectivity index (χ2n) is 6.10. The predicted molar refractivity (Wildman–Crippen MR) is 107 cm³/mol. The third kappa shape index (κ3) is 5.15. The Morgan fingerprint density at radius 3 is 2.50 bits per heavy atom. The summed E-state index contributed by atoms with van der Waals surface area (Å²) in [6, 6.07) is 1.97. The van der Waals surface area contributed by atoms with Gasteiger partial charge in [-0.2, -0.15) is 13.2 Å². The van der Waals surface area contributed by atoms with Crippen molar-refractivity contribution in [3.63, 3.8) is 0 Å². The fraction of sp³-hybridized carbons (Fsp3) is 0.316. The molecule has 4 nitrogen and oxygen atoms in total. The molecule has 0 saturated heterocycles. The van der Waals surface area contributed by atoms with Gasteiger partial charge in [-0.15, -0.1) is 29.6 Å². The molecule has 0 radical (unpaired) electrons. The van der Waals surface area contributed by atoms with E-state index in [0.29, 0.717) is 0 Å². The number of aromatic nitrogens is 1. The van der Waals surface area contributed by atoms with Gasteiger partial charge in [-0.05, 0) is 12.1 Å². The normalized spacial score (nSPS) is 11.3. The summed E-state index contributed by atoms with van der Waals surface area (Å²) < 4.78 is 60.0. The van der Waals surface area contributed by atoms with Crippen LogP contribution in [0.15, 0.2) is 12.1 Å². The second kappa shape index (κ2) is 9.82. The lowest BCUT2D eigenvalue weighted by molar-refractivity contribution is -0.141. The third-order valence-corrected chi connectivity index (χ3v) is 4.96. The number of terminal acetylenes is 1. The Hall–Kier alpha value is -2.08. The molecule has 1 aromatic heterocycles. The van der Waals surface area contributed by atoms with Gasteiger partial charge in [-0.25, -0.2) is 4.39 Å². The van der Waals surface area contributed by atoms with Crippen LogP contribution in [0.25, 0.3) is 11.1 Å². The first-order chi connectivity index (χ1) is 14.0. The van der Waals surface area contributed by atoms with Crippen molar-refractivity contribution in [1.29, 1.82) is 0 Å². The number of ether oxygens (including phenoxy) is 1. The van der Waals surface area contributed by atoms with E-state index in [4.69, 9.17) is 46.0 Å². The smallest absolute Gasteiger partial charge is 0.431 e. The van der Waals surface area contributed by atoms with Crippen molar-refractivity contribution in [3.8, 4) is 29.2 Å². The summed E-state index contributed by atoms with van der Waals surface area (Å²) in [6.07, 6.45) is 0.384. The molecule has 0 aliphatic rings. The number of benzene rings is 1. The van der Waals surface area contributed by atoms with Crippen molar-refractivity contribution in [2.45, 2.75) is 17.9 Å². The molecule has 1 aromatic carbocycles. The number of nitrogens with zero attached hydrogens (tertiary/aromatic N) is 1. The fourth-order valence-electron chi connectivity index (χ4n) is 2.70. The molecule has 162 valence electrons. The van der Waals surface area contributed by atoms with E-state index in [1.807, 2.05) is 0 Å². The highest BCUT2D eigenvalue weighted by Crippen LogP contribution is 2.43. The number of hydrogen-bond acceptors (Lipinski definition) is 2. The van der Waals surface area contributed by atoms with Gasteiger partial charge in [0.15, 0.2) is 6.61 Å². The first kappa shape index (κ1) is 24.2. The summed E-state index contributed by atoms with van der Waals surface area (Å²) in [5.41, 5.74) is -1.95. The zero-order valence-corrected chi connectivity index (χ0v) is 17.7. The van der Waals surface area contributed by atoms with Crippen molar-refractivity contribution in [2.24, 2.45) is 0 Å². The van der Waals surface area contributed by atoms with Gasteiger partial charge in [0.05, 0.1) is 23.3 Å². The van der Waals surface area contributed by atoms with Crippen molar-refractivity contribution < 1.29 is 27.1 Å². The number of halogens is 7. The lowest BCUT2D eigenvalue weighted by atomic mass is 10.00. The highest BCUT2D eigenvalue weighted by molar-refractivity contribution is 6.32. The molecule has 2 rings (SSSR count). The van der Waals surface area contributed by atoms with Crippen molar-refractivity contribution in [1.82, 2.24) is 9.88 Å². The average Bonchev–Trinajstić information content (AvgIpc) is 3.06. The van der Waals surface area contributed by atoms with E-state index >= 15 is 0 Å². The number of alkyl halides is 5. The van der Waals surface area contributed by atoms with Crippen molar-refractivity contribution in [3.05, 3.63) is 39.9 Å². The number of aromatic amines is 1. The van der Waals surface area contributed by atoms with Gasteiger partial charge in [0.2, 0.25) is 0 Å². The zero-order chi connectivity index (χ0) is 22.6. The molecule has 0 aliphatic heterocycles. The highest BCUT2D eigenvalue weighted by Gasteiger charge is 2.38. The lowest BCUT2D eigenvalue weighted by Crippen LogP contribution is -2.31. The van der Waals surface area contributed by atoms with Gasteiger partial charge in [0.1, 0.15) is 17.3 Å². The van der Waals surface area contributed by atoms with Crippen LogP contribution >= 0.6 is 34.8 Å². The Bertz CT molecular complexity index is 984. The van der Waals surface area contributed by atoms with Gasteiger partial charge in [-0.1, -0.05) is 17.5 Å². The second-order valence-corrected chi connectivity index (χ2v) is 7.04. The van der Waals surface area contributed by atoms with E-state index < -0.39 is 36.1 Å². The largest absolute Gasteiger partial charge is 0.482 e. The summed E-state index contributed by atoms with van der Waals surface area (Å²) in [7, 11) is 1.46. The molecule has 1 heterocycles. The quantitative estimate of drug-likeness (QED) is 0.322. The molecule has 30 heavy (non-hydrogen) atoms. The summed E-state index contributed by atoms with van der Waals surface area (Å²) >= 11 is 17.5. The number of carbonyl (C=O) groups excluding carboxylic acids is 1. The van der Waals surface area contributed by atoms with Crippen LogP contribution in [0, 0.1) is 18.2 Å². The molecule has 0 spiro atoms. The topological polar surface area (TPSA) is 45.3 Å². The van der Waals surface area contributed by atoms with Crippen LogP contribution in [0.4, 0.5) is 17.6 Å². The Morgan fingerprint density at radius 1 is 1.30 bits per heavy atom. The maximum absolute atomic E-state index is 14.7. The summed E-state index contributed by atoms with van der Waals surface area (Å²) in [6.45, 7) is -0.416. The minimum absolute atomic E-state index is 0.0479. The maximum Gasteiger partial charge on any atom is 0.431 e. The molecule has 0 bridgehead atoms. The molecule has 11 heteroatoms. The monoisotopic (exact) mass is 484 g/mol. The third-order valence-electron chi connectivity index (χ3n) is 4.13. The van der Waals surface area contributed by atoms with Crippen molar-refractivity contribution >= 4 is 40.7 Å². The fourth-order valence-corrected chi connectivity index (χ4v) is 3.38. The van der Waals surface area contributed by atoms with E-state index in [1.54, 1.807) is 0 Å². The lowest BCUT2D eigenvalue weighted by Gasteiger charge is -2.16. The van der Waals surface area contributed by atoms with E-state index in [-0.39, 0.29) is 45.6 Å². The van der Waals surface area contributed by atoms with Crippen LogP contribution in [-0.2, 0) is 22.7 Å². The van der Waals surface area contributed by atoms with Gasteiger partial charge < -0.3 is 14.6 Å². The summed E-state index contributed by atoms with van der Waals surface area (Å²) in [4.78, 5) is 15.4. The van der Waals surface area contributed by atoms with Crippen LogP contribution < -0.4 is 4.74 Å². The van der Waals surface area contributed by atoms with Crippen LogP contribution in [0.1, 0.15) is 17.0 Å². The number of rotatable bonds is 7. The predicted octanol–water partition coefficient (Wildman–Crippen LogP) is 5.44. The molecule has 2 aromatic rings.